The topological polar surface area (TPSA) is 0 Å². The average Bonchev–Trinajstić information content (AvgIpc) is 2.15. The lowest BCUT2D eigenvalue weighted by Crippen LogP contribution is -1.84. The highest BCUT2D eigenvalue weighted by Crippen LogP contribution is 2.15. The van der Waals surface area contributed by atoms with Crippen LogP contribution < -0.4 is 0 Å². The van der Waals surface area contributed by atoms with Crippen molar-refractivity contribution in [3.63, 3.8) is 0 Å². The van der Waals surface area contributed by atoms with Gasteiger partial charge in [-0.15, -0.1) is 11.6 Å². The number of thioether (sulfide) groups is 1. The fourth-order valence-electron chi connectivity index (χ4n) is 0.927. The lowest BCUT2D eigenvalue weighted by molar-refractivity contribution is 1.11. The minimum Gasteiger partial charge on any atom is -0.157 e. The molecule has 13 heavy (non-hydrogen) atoms. The molecule has 72 valence electrons. The van der Waals surface area contributed by atoms with E-state index in [4.69, 9.17) is 23.2 Å². The Morgan fingerprint density at radius 1 is 1.15 bits per heavy atom. The van der Waals surface area contributed by atoms with Crippen molar-refractivity contribution in [3.05, 3.63) is 34.9 Å². The van der Waals surface area contributed by atoms with Crippen LogP contribution in [0.2, 0.25) is 5.02 Å². The summed E-state index contributed by atoms with van der Waals surface area (Å²) >= 11 is 13.3. The van der Waals surface area contributed by atoms with Gasteiger partial charge in [-0.2, -0.15) is 11.8 Å². The Labute approximate surface area is 93.6 Å². The number of halogens is 2. The highest BCUT2D eigenvalue weighted by Gasteiger charge is 1.93. The van der Waals surface area contributed by atoms with Crippen LogP contribution in [0, 0.1) is 0 Å². The molecule has 0 aliphatic heterocycles. The molecule has 0 fully saturated rings. The van der Waals surface area contributed by atoms with Gasteiger partial charge in [0.2, 0.25) is 0 Å². The first kappa shape index (κ1) is 11.2. The quantitative estimate of drug-likeness (QED) is 0.544. The number of alkyl halides is 1. The lowest BCUT2D eigenvalue weighted by Gasteiger charge is -2.00. The Kier molecular flexibility index (Phi) is 5.68. The van der Waals surface area contributed by atoms with Crippen LogP contribution in [0.5, 0.6) is 0 Å². The summed E-state index contributed by atoms with van der Waals surface area (Å²) in [5.74, 6) is 2.94. The molecule has 0 saturated carbocycles. The molecule has 0 aromatic heterocycles. The van der Waals surface area contributed by atoms with Crippen LogP contribution in [0.15, 0.2) is 24.3 Å². The largest absolute Gasteiger partial charge is 0.157 e. The molecule has 0 N–H and O–H groups in total. The standard InChI is InChI=1S/C10H12Cl2S/c11-6-1-7-13-8-9-2-4-10(12)5-3-9/h2-5H,1,6-8H2. The third kappa shape index (κ3) is 4.80. The first-order valence-corrected chi connectivity index (χ1v) is 6.28. The van der Waals surface area contributed by atoms with Gasteiger partial charge in [0.25, 0.3) is 0 Å². The molecule has 0 spiro atoms. The van der Waals surface area contributed by atoms with Crippen LogP contribution in [0.1, 0.15) is 12.0 Å². The summed E-state index contributed by atoms with van der Waals surface area (Å²) in [4.78, 5) is 0. The SMILES string of the molecule is ClCCCSCc1ccc(Cl)cc1. The second-order valence-corrected chi connectivity index (χ2v) is 4.64. The van der Waals surface area contributed by atoms with Gasteiger partial charge < -0.3 is 0 Å². The molecular weight excluding hydrogens is 223 g/mol. The van der Waals surface area contributed by atoms with Gasteiger partial charge in [-0.25, -0.2) is 0 Å². The van der Waals surface area contributed by atoms with Gasteiger partial charge in [0.05, 0.1) is 0 Å². The minimum atomic E-state index is 0.758. The number of rotatable bonds is 5. The molecule has 0 nitrogen and oxygen atoms in total. The molecule has 0 amide bonds. The predicted molar refractivity (Wildman–Crippen MR) is 63.0 cm³/mol. The highest BCUT2D eigenvalue weighted by molar-refractivity contribution is 7.98. The van der Waals surface area contributed by atoms with Gasteiger partial charge in [-0.1, -0.05) is 23.7 Å². The molecule has 0 atom stereocenters. The normalized spacial score (nSPS) is 10.3. The highest BCUT2D eigenvalue weighted by atomic mass is 35.5. The van der Waals surface area contributed by atoms with Gasteiger partial charge in [0, 0.05) is 16.7 Å². The first-order chi connectivity index (χ1) is 6.33. The summed E-state index contributed by atoms with van der Waals surface area (Å²) in [6.07, 6.45) is 1.08. The van der Waals surface area contributed by atoms with Crippen LogP contribution in [-0.4, -0.2) is 11.6 Å². The fraction of sp³-hybridized carbons (Fsp3) is 0.400. The molecule has 0 saturated heterocycles. The van der Waals surface area contributed by atoms with Crippen molar-refractivity contribution >= 4 is 35.0 Å². The van der Waals surface area contributed by atoms with E-state index in [0.29, 0.717) is 0 Å². The maximum absolute atomic E-state index is 5.77. The number of benzene rings is 1. The van der Waals surface area contributed by atoms with E-state index < -0.39 is 0 Å². The Hall–Kier alpha value is 0.150. The zero-order chi connectivity index (χ0) is 9.52. The fourth-order valence-corrected chi connectivity index (χ4v) is 2.27. The zero-order valence-corrected chi connectivity index (χ0v) is 9.63. The van der Waals surface area contributed by atoms with E-state index in [1.54, 1.807) is 0 Å². The van der Waals surface area contributed by atoms with Crippen LogP contribution in [0.3, 0.4) is 0 Å². The van der Waals surface area contributed by atoms with Gasteiger partial charge in [-0.05, 0) is 29.9 Å². The summed E-state index contributed by atoms with van der Waals surface area (Å²) < 4.78 is 0. The van der Waals surface area contributed by atoms with Crippen molar-refractivity contribution in [1.29, 1.82) is 0 Å². The molecule has 1 rings (SSSR count). The summed E-state index contributed by atoms with van der Waals surface area (Å²) in [5, 5.41) is 0.800. The summed E-state index contributed by atoms with van der Waals surface area (Å²) in [6, 6.07) is 7.99. The van der Waals surface area contributed by atoms with Crippen LogP contribution >= 0.6 is 35.0 Å². The summed E-state index contributed by atoms with van der Waals surface area (Å²) in [5.41, 5.74) is 1.32. The van der Waals surface area contributed by atoms with E-state index in [1.807, 2.05) is 23.9 Å². The van der Waals surface area contributed by atoms with E-state index in [9.17, 15) is 0 Å². The van der Waals surface area contributed by atoms with Crippen molar-refractivity contribution in [1.82, 2.24) is 0 Å². The molecule has 3 heteroatoms. The molecule has 0 radical (unpaired) electrons. The molecule has 1 aromatic carbocycles. The number of hydrogen-bond acceptors (Lipinski definition) is 1. The molecule has 0 aliphatic rings. The summed E-state index contributed by atoms with van der Waals surface area (Å²) in [7, 11) is 0. The summed E-state index contributed by atoms with van der Waals surface area (Å²) in [6.45, 7) is 0. The van der Waals surface area contributed by atoms with E-state index in [1.165, 1.54) is 5.56 Å². The molecule has 0 heterocycles. The minimum absolute atomic E-state index is 0.758. The third-order valence-electron chi connectivity index (χ3n) is 1.60. The maximum atomic E-state index is 5.77. The molecule has 0 unspecified atom stereocenters. The van der Waals surface area contributed by atoms with Crippen molar-refractivity contribution in [2.24, 2.45) is 0 Å². The van der Waals surface area contributed by atoms with Gasteiger partial charge in [0.15, 0.2) is 0 Å². The van der Waals surface area contributed by atoms with Gasteiger partial charge in [-0.3, -0.25) is 0 Å². The zero-order valence-electron chi connectivity index (χ0n) is 7.30. The monoisotopic (exact) mass is 234 g/mol. The predicted octanol–water partition coefficient (Wildman–Crippen LogP) is 4.20. The van der Waals surface area contributed by atoms with Crippen LogP contribution in [0.4, 0.5) is 0 Å². The van der Waals surface area contributed by atoms with E-state index in [0.717, 1.165) is 28.8 Å². The Morgan fingerprint density at radius 2 is 1.85 bits per heavy atom. The van der Waals surface area contributed by atoms with E-state index in [-0.39, 0.29) is 0 Å². The molecular formula is C10H12Cl2S. The Bertz CT molecular complexity index is 233. The maximum Gasteiger partial charge on any atom is 0.0406 e. The van der Waals surface area contributed by atoms with Crippen molar-refractivity contribution < 1.29 is 0 Å². The molecule has 1 aromatic rings. The Balaban J connectivity index is 2.25. The van der Waals surface area contributed by atoms with Crippen LogP contribution in [-0.2, 0) is 5.75 Å². The average molecular weight is 235 g/mol. The smallest absolute Gasteiger partial charge is 0.0406 e. The van der Waals surface area contributed by atoms with Crippen molar-refractivity contribution in [3.8, 4) is 0 Å². The van der Waals surface area contributed by atoms with Crippen LogP contribution in [0.25, 0.3) is 0 Å². The van der Waals surface area contributed by atoms with E-state index in [2.05, 4.69) is 12.1 Å². The lowest BCUT2D eigenvalue weighted by atomic mass is 10.2. The van der Waals surface area contributed by atoms with Gasteiger partial charge in [0.1, 0.15) is 0 Å². The number of hydrogen-bond donors (Lipinski definition) is 0. The second-order valence-electron chi connectivity index (χ2n) is 2.72. The first-order valence-electron chi connectivity index (χ1n) is 4.21. The van der Waals surface area contributed by atoms with E-state index >= 15 is 0 Å². The third-order valence-corrected chi connectivity index (χ3v) is 3.24. The second kappa shape index (κ2) is 6.58. The Morgan fingerprint density at radius 3 is 2.46 bits per heavy atom. The molecule has 0 bridgehead atoms. The van der Waals surface area contributed by atoms with Crippen molar-refractivity contribution in [2.45, 2.75) is 12.2 Å². The van der Waals surface area contributed by atoms with Gasteiger partial charge >= 0.3 is 0 Å². The molecule has 0 aliphatic carbocycles. The van der Waals surface area contributed by atoms with Crippen molar-refractivity contribution in [2.75, 3.05) is 11.6 Å².